The van der Waals surface area contributed by atoms with E-state index in [0.717, 1.165) is 43.7 Å². The summed E-state index contributed by atoms with van der Waals surface area (Å²) in [4.78, 5) is 14.6. The number of hydrogen-bond acceptors (Lipinski definition) is 5. The average Bonchev–Trinajstić information content (AvgIpc) is 3.00. The van der Waals surface area contributed by atoms with E-state index in [4.69, 9.17) is 4.74 Å². The number of carbonyl (C=O) groups is 1. The Bertz CT molecular complexity index is 712. The number of piperidine rings is 1. The summed E-state index contributed by atoms with van der Waals surface area (Å²) in [7, 11) is -1.22. The maximum atomic E-state index is 12.4. The monoisotopic (exact) mass is 366 g/mol. The molecule has 6 nitrogen and oxygen atoms in total. The average molecular weight is 366 g/mol. The van der Waals surface area contributed by atoms with Gasteiger partial charge < -0.3 is 10.1 Å². The lowest BCUT2D eigenvalue weighted by molar-refractivity contribution is -0.126. The van der Waals surface area contributed by atoms with Crippen molar-refractivity contribution >= 4 is 15.7 Å². The molecule has 2 heterocycles. The first-order chi connectivity index (χ1) is 12.0. The van der Waals surface area contributed by atoms with E-state index in [2.05, 4.69) is 10.2 Å². The second-order valence-electron chi connectivity index (χ2n) is 6.94. The molecular formula is C18H26N2O4S. The van der Waals surface area contributed by atoms with Crippen LogP contribution < -0.4 is 10.1 Å². The summed E-state index contributed by atoms with van der Waals surface area (Å²) < 4.78 is 28.4. The SMILES string of the molecule is COc1cccc(CNC(=O)C2CCN([C@H]3CCS(=O)(=O)C3)CC2)c1. The lowest BCUT2D eigenvalue weighted by atomic mass is 9.94. The zero-order chi connectivity index (χ0) is 17.9. The molecule has 0 bridgehead atoms. The highest BCUT2D eigenvalue weighted by molar-refractivity contribution is 7.91. The summed E-state index contributed by atoms with van der Waals surface area (Å²) in [6.45, 7) is 2.10. The van der Waals surface area contributed by atoms with Gasteiger partial charge in [0.15, 0.2) is 9.84 Å². The van der Waals surface area contributed by atoms with Gasteiger partial charge >= 0.3 is 0 Å². The summed E-state index contributed by atoms with van der Waals surface area (Å²) in [5.74, 6) is 1.46. The number of hydrogen-bond donors (Lipinski definition) is 1. The lowest BCUT2D eigenvalue weighted by Gasteiger charge is -2.34. The van der Waals surface area contributed by atoms with Crippen LogP contribution in [-0.2, 0) is 21.2 Å². The van der Waals surface area contributed by atoms with Crippen LogP contribution in [0.3, 0.4) is 0 Å². The normalized spacial score (nSPS) is 24.1. The Kier molecular flexibility index (Phi) is 5.64. The largest absolute Gasteiger partial charge is 0.497 e. The zero-order valence-electron chi connectivity index (χ0n) is 14.6. The van der Waals surface area contributed by atoms with E-state index in [9.17, 15) is 13.2 Å². The highest BCUT2D eigenvalue weighted by Crippen LogP contribution is 2.24. The van der Waals surface area contributed by atoms with Gasteiger partial charge in [-0.3, -0.25) is 9.69 Å². The second-order valence-corrected chi connectivity index (χ2v) is 9.17. The van der Waals surface area contributed by atoms with Crippen LogP contribution in [-0.4, -0.2) is 57.0 Å². The third-order valence-corrected chi connectivity index (χ3v) is 6.98. The number of sulfone groups is 1. The van der Waals surface area contributed by atoms with Crippen molar-refractivity contribution in [3.63, 3.8) is 0 Å². The van der Waals surface area contributed by atoms with E-state index in [1.165, 1.54) is 0 Å². The van der Waals surface area contributed by atoms with Crippen LogP contribution in [0.2, 0.25) is 0 Å². The Morgan fingerprint density at radius 1 is 1.28 bits per heavy atom. The molecule has 1 amide bonds. The summed E-state index contributed by atoms with van der Waals surface area (Å²) >= 11 is 0. The minimum atomic E-state index is -2.85. The van der Waals surface area contributed by atoms with Crippen molar-refractivity contribution < 1.29 is 17.9 Å². The van der Waals surface area contributed by atoms with Crippen LogP contribution in [0.25, 0.3) is 0 Å². The van der Waals surface area contributed by atoms with Crippen molar-refractivity contribution in [3.05, 3.63) is 29.8 Å². The first-order valence-electron chi connectivity index (χ1n) is 8.82. The fraction of sp³-hybridized carbons (Fsp3) is 0.611. The molecule has 0 aromatic heterocycles. The minimum absolute atomic E-state index is 0.0138. The fourth-order valence-electron chi connectivity index (χ4n) is 3.71. The van der Waals surface area contributed by atoms with Gasteiger partial charge in [-0.2, -0.15) is 0 Å². The first-order valence-corrected chi connectivity index (χ1v) is 10.6. The van der Waals surface area contributed by atoms with Gasteiger partial charge in [0, 0.05) is 18.5 Å². The van der Waals surface area contributed by atoms with Gasteiger partial charge in [-0.25, -0.2) is 8.42 Å². The number of rotatable bonds is 5. The molecule has 3 rings (SSSR count). The van der Waals surface area contributed by atoms with Gasteiger partial charge in [-0.1, -0.05) is 12.1 Å². The maximum Gasteiger partial charge on any atom is 0.223 e. The van der Waals surface area contributed by atoms with Gasteiger partial charge in [0.1, 0.15) is 5.75 Å². The van der Waals surface area contributed by atoms with Gasteiger partial charge in [-0.15, -0.1) is 0 Å². The van der Waals surface area contributed by atoms with Crippen LogP contribution in [0.5, 0.6) is 5.75 Å². The Hall–Kier alpha value is -1.60. The van der Waals surface area contributed by atoms with Gasteiger partial charge in [0.2, 0.25) is 5.91 Å². The third kappa shape index (κ3) is 4.73. The number of nitrogens with one attached hydrogen (secondary N) is 1. The Morgan fingerprint density at radius 2 is 2.04 bits per heavy atom. The van der Waals surface area contributed by atoms with E-state index in [0.29, 0.717) is 12.3 Å². The molecule has 2 aliphatic rings. The highest BCUT2D eigenvalue weighted by Gasteiger charge is 2.35. The molecule has 1 aromatic rings. The molecule has 7 heteroatoms. The number of likely N-dealkylation sites (tertiary alicyclic amines) is 1. The molecule has 2 fully saturated rings. The first kappa shape index (κ1) is 18.2. The van der Waals surface area contributed by atoms with Crippen molar-refractivity contribution in [2.45, 2.75) is 31.8 Å². The molecular weight excluding hydrogens is 340 g/mol. The van der Waals surface area contributed by atoms with Gasteiger partial charge in [-0.05, 0) is 50.0 Å². The molecule has 0 radical (unpaired) electrons. The molecule has 0 saturated carbocycles. The van der Waals surface area contributed by atoms with Crippen molar-refractivity contribution in [2.24, 2.45) is 5.92 Å². The van der Waals surface area contributed by atoms with Crippen molar-refractivity contribution in [1.82, 2.24) is 10.2 Å². The molecule has 138 valence electrons. The molecule has 25 heavy (non-hydrogen) atoms. The number of carbonyl (C=O) groups excluding carboxylic acids is 1. The molecule has 2 saturated heterocycles. The topological polar surface area (TPSA) is 75.7 Å². The summed E-state index contributed by atoms with van der Waals surface area (Å²) in [5, 5.41) is 3.01. The lowest BCUT2D eigenvalue weighted by Crippen LogP contribution is -2.45. The Balaban J connectivity index is 1.45. The summed E-state index contributed by atoms with van der Waals surface area (Å²) in [6.07, 6.45) is 2.32. The fourth-order valence-corrected chi connectivity index (χ4v) is 5.47. The minimum Gasteiger partial charge on any atom is -0.497 e. The van der Waals surface area contributed by atoms with Gasteiger partial charge in [0.25, 0.3) is 0 Å². The van der Waals surface area contributed by atoms with E-state index < -0.39 is 9.84 Å². The number of amides is 1. The van der Waals surface area contributed by atoms with E-state index >= 15 is 0 Å². The van der Waals surface area contributed by atoms with Crippen molar-refractivity contribution in [2.75, 3.05) is 31.7 Å². The molecule has 2 aliphatic heterocycles. The number of ether oxygens (including phenoxy) is 1. The number of benzene rings is 1. The van der Waals surface area contributed by atoms with E-state index in [1.54, 1.807) is 7.11 Å². The smallest absolute Gasteiger partial charge is 0.223 e. The summed E-state index contributed by atoms with van der Waals surface area (Å²) in [6, 6.07) is 7.82. The Labute approximate surface area is 149 Å². The predicted octanol–water partition coefficient (Wildman–Crippen LogP) is 1.21. The van der Waals surface area contributed by atoms with Crippen LogP contribution >= 0.6 is 0 Å². The summed E-state index contributed by atoms with van der Waals surface area (Å²) in [5.41, 5.74) is 1.02. The van der Waals surface area contributed by atoms with Crippen molar-refractivity contribution in [1.29, 1.82) is 0 Å². The molecule has 0 unspecified atom stereocenters. The maximum absolute atomic E-state index is 12.4. The predicted molar refractivity (Wildman–Crippen MR) is 96.2 cm³/mol. The van der Waals surface area contributed by atoms with E-state index in [-0.39, 0.29) is 23.6 Å². The van der Waals surface area contributed by atoms with Crippen LogP contribution in [0.15, 0.2) is 24.3 Å². The Morgan fingerprint density at radius 3 is 2.68 bits per heavy atom. The van der Waals surface area contributed by atoms with Crippen LogP contribution in [0, 0.1) is 5.92 Å². The van der Waals surface area contributed by atoms with E-state index in [1.807, 2.05) is 24.3 Å². The zero-order valence-corrected chi connectivity index (χ0v) is 15.4. The van der Waals surface area contributed by atoms with Crippen molar-refractivity contribution in [3.8, 4) is 5.75 Å². The molecule has 0 spiro atoms. The molecule has 1 N–H and O–H groups in total. The quantitative estimate of drug-likeness (QED) is 0.848. The van der Waals surface area contributed by atoms with Crippen LogP contribution in [0.1, 0.15) is 24.8 Å². The third-order valence-electron chi connectivity index (χ3n) is 5.23. The molecule has 0 aliphatic carbocycles. The number of nitrogens with zero attached hydrogens (tertiary/aromatic N) is 1. The highest BCUT2D eigenvalue weighted by atomic mass is 32.2. The van der Waals surface area contributed by atoms with Crippen LogP contribution in [0.4, 0.5) is 0 Å². The van der Waals surface area contributed by atoms with Gasteiger partial charge in [0.05, 0.1) is 18.6 Å². The molecule has 1 aromatic carbocycles. The molecule has 1 atom stereocenters. The number of methoxy groups -OCH3 is 1. The second kappa shape index (κ2) is 7.74. The standard InChI is InChI=1S/C18H26N2O4S/c1-24-17-4-2-3-14(11-17)12-19-18(21)15-5-8-20(9-6-15)16-7-10-25(22,23)13-16/h2-4,11,15-16H,5-10,12-13H2,1H3,(H,19,21)/t16-/m0/s1.